The van der Waals surface area contributed by atoms with E-state index < -0.39 is 22.6 Å². The van der Waals surface area contributed by atoms with Crippen LogP contribution in [0.2, 0.25) is 0 Å². The zero-order valence-electron chi connectivity index (χ0n) is 10.5. The molecular formula is C13H20O4S. The van der Waals surface area contributed by atoms with Crippen LogP contribution in [0, 0.1) is 5.41 Å². The van der Waals surface area contributed by atoms with Crippen molar-refractivity contribution in [1.29, 1.82) is 0 Å². The van der Waals surface area contributed by atoms with Gasteiger partial charge in [-0.2, -0.15) is 11.8 Å². The Morgan fingerprint density at radius 3 is 2.56 bits per heavy atom. The highest BCUT2D eigenvalue weighted by Gasteiger charge is 2.69. The predicted molar refractivity (Wildman–Crippen MR) is 68.7 cm³/mol. The standard InChI is InChI=1S/C13H20O4S/c14-9-11-2-1-3-12(8-11,10(15)16)13(17-11)4-6-18-7-5-13/h14H,1-9H2,(H,15,16)/t11-,12+/m1/s1. The lowest BCUT2D eigenvalue weighted by Gasteiger charge is -2.43. The van der Waals surface area contributed by atoms with Gasteiger partial charge in [0.25, 0.3) is 0 Å². The topological polar surface area (TPSA) is 66.8 Å². The van der Waals surface area contributed by atoms with Gasteiger partial charge in [-0.1, -0.05) is 0 Å². The maximum absolute atomic E-state index is 11.9. The number of aliphatic hydroxyl groups excluding tert-OH is 1. The highest BCUT2D eigenvalue weighted by molar-refractivity contribution is 7.99. The molecule has 2 aliphatic heterocycles. The van der Waals surface area contributed by atoms with Gasteiger partial charge in [-0.05, 0) is 50.0 Å². The average molecular weight is 272 g/mol. The number of aliphatic hydroxyl groups is 1. The summed E-state index contributed by atoms with van der Waals surface area (Å²) in [5, 5.41) is 19.4. The highest BCUT2D eigenvalue weighted by Crippen LogP contribution is 2.62. The molecule has 0 unspecified atom stereocenters. The predicted octanol–water partition coefficient (Wildman–Crippen LogP) is 1.66. The van der Waals surface area contributed by atoms with Crippen LogP contribution in [0.5, 0.6) is 0 Å². The molecule has 0 radical (unpaired) electrons. The van der Waals surface area contributed by atoms with E-state index in [4.69, 9.17) is 4.74 Å². The molecule has 1 spiro atoms. The number of carboxylic acid groups (broad SMARTS) is 1. The largest absolute Gasteiger partial charge is 0.481 e. The number of carbonyl (C=O) groups is 1. The minimum Gasteiger partial charge on any atom is -0.481 e. The van der Waals surface area contributed by atoms with Crippen LogP contribution < -0.4 is 0 Å². The van der Waals surface area contributed by atoms with Crippen molar-refractivity contribution in [1.82, 2.24) is 0 Å². The first-order valence-electron chi connectivity index (χ1n) is 6.70. The molecule has 102 valence electrons. The molecule has 5 heteroatoms. The summed E-state index contributed by atoms with van der Waals surface area (Å²) in [6.07, 6.45) is 4.47. The Balaban J connectivity index is 2.04. The van der Waals surface area contributed by atoms with E-state index in [1.807, 2.05) is 11.8 Å². The molecule has 2 saturated heterocycles. The molecule has 2 atom stereocenters. The molecule has 4 nitrogen and oxygen atoms in total. The summed E-state index contributed by atoms with van der Waals surface area (Å²) in [6.45, 7) is -0.0447. The first kappa shape index (κ1) is 12.8. The zero-order chi connectivity index (χ0) is 12.9. The van der Waals surface area contributed by atoms with Gasteiger partial charge in [-0.3, -0.25) is 4.79 Å². The summed E-state index contributed by atoms with van der Waals surface area (Å²) >= 11 is 1.87. The number of ether oxygens (including phenoxy) is 1. The summed E-state index contributed by atoms with van der Waals surface area (Å²) < 4.78 is 6.27. The Bertz CT molecular complexity index is 366. The molecule has 2 bridgehead atoms. The monoisotopic (exact) mass is 272 g/mol. The molecule has 2 N–H and O–H groups in total. The van der Waals surface area contributed by atoms with E-state index in [0.29, 0.717) is 12.8 Å². The Morgan fingerprint density at radius 1 is 1.22 bits per heavy atom. The van der Waals surface area contributed by atoms with E-state index in [0.717, 1.165) is 37.2 Å². The fourth-order valence-corrected chi connectivity index (χ4v) is 5.41. The lowest BCUT2D eigenvalue weighted by Crippen LogP contribution is -2.52. The second kappa shape index (κ2) is 4.12. The van der Waals surface area contributed by atoms with E-state index in [1.54, 1.807) is 0 Å². The van der Waals surface area contributed by atoms with E-state index in [2.05, 4.69) is 0 Å². The molecule has 3 rings (SSSR count). The van der Waals surface area contributed by atoms with E-state index in [9.17, 15) is 15.0 Å². The Kier molecular flexibility index (Phi) is 2.92. The van der Waals surface area contributed by atoms with E-state index in [1.165, 1.54) is 0 Å². The van der Waals surface area contributed by atoms with Crippen molar-refractivity contribution in [3.8, 4) is 0 Å². The molecular weight excluding hydrogens is 252 g/mol. The number of rotatable bonds is 2. The molecule has 18 heavy (non-hydrogen) atoms. The molecule has 2 heterocycles. The molecule has 0 aromatic carbocycles. The third-order valence-corrected chi connectivity index (χ3v) is 6.13. The molecule has 1 saturated carbocycles. The van der Waals surface area contributed by atoms with Crippen molar-refractivity contribution < 1.29 is 19.7 Å². The van der Waals surface area contributed by atoms with Crippen LogP contribution in [0.3, 0.4) is 0 Å². The van der Waals surface area contributed by atoms with Crippen molar-refractivity contribution in [3.63, 3.8) is 0 Å². The lowest BCUT2D eigenvalue weighted by atomic mass is 9.61. The molecule has 0 aromatic rings. The molecule has 0 amide bonds. The summed E-state index contributed by atoms with van der Waals surface area (Å²) in [5.41, 5.74) is -1.86. The second-order valence-corrected chi connectivity index (χ2v) is 7.19. The number of carboxylic acids is 1. The first-order valence-corrected chi connectivity index (χ1v) is 7.86. The van der Waals surface area contributed by atoms with Gasteiger partial charge in [0.1, 0.15) is 0 Å². The number of aliphatic carboxylic acids is 1. The van der Waals surface area contributed by atoms with Crippen molar-refractivity contribution in [2.45, 2.75) is 49.7 Å². The molecule has 3 fully saturated rings. The van der Waals surface area contributed by atoms with Crippen LogP contribution in [0.25, 0.3) is 0 Å². The molecule has 1 aliphatic carbocycles. The quantitative estimate of drug-likeness (QED) is 0.800. The lowest BCUT2D eigenvalue weighted by molar-refractivity contribution is -0.169. The summed E-state index contributed by atoms with van der Waals surface area (Å²) in [7, 11) is 0. The number of fused-ring (bicyclic) bond motifs is 3. The van der Waals surface area contributed by atoms with Crippen LogP contribution in [0.4, 0.5) is 0 Å². The van der Waals surface area contributed by atoms with Crippen LogP contribution in [0.15, 0.2) is 0 Å². The summed E-state index contributed by atoms with van der Waals surface area (Å²) in [4.78, 5) is 11.9. The van der Waals surface area contributed by atoms with Crippen LogP contribution in [-0.2, 0) is 9.53 Å². The van der Waals surface area contributed by atoms with Crippen LogP contribution in [-0.4, -0.2) is 45.5 Å². The van der Waals surface area contributed by atoms with Gasteiger partial charge in [0, 0.05) is 0 Å². The Morgan fingerprint density at radius 2 is 1.94 bits per heavy atom. The summed E-state index contributed by atoms with van der Waals surface area (Å²) in [5.74, 6) is 1.22. The Labute approximate surface area is 111 Å². The second-order valence-electron chi connectivity index (χ2n) is 5.97. The minimum absolute atomic E-state index is 0.0447. The van der Waals surface area contributed by atoms with Gasteiger partial charge in [0.15, 0.2) is 0 Å². The van der Waals surface area contributed by atoms with E-state index in [-0.39, 0.29) is 6.61 Å². The zero-order valence-corrected chi connectivity index (χ0v) is 11.3. The van der Waals surface area contributed by atoms with Gasteiger partial charge >= 0.3 is 5.97 Å². The van der Waals surface area contributed by atoms with Crippen LogP contribution in [0.1, 0.15) is 38.5 Å². The molecule has 3 aliphatic rings. The normalized spacial score (nSPS) is 42.1. The Hall–Kier alpha value is -0.260. The van der Waals surface area contributed by atoms with Gasteiger partial charge in [-0.25, -0.2) is 0 Å². The van der Waals surface area contributed by atoms with Gasteiger partial charge in [-0.15, -0.1) is 0 Å². The SMILES string of the molecule is O=C(O)[C@]12CCC[C@](CO)(C1)OC21CCSCC1. The molecule has 0 aromatic heterocycles. The minimum atomic E-state index is -0.755. The fraction of sp³-hybridized carbons (Fsp3) is 0.923. The first-order chi connectivity index (χ1) is 8.58. The van der Waals surface area contributed by atoms with Crippen molar-refractivity contribution >= 4 is 17.7 Å². The fourth-order valence-electron chi connectivity index (χ4n) is 4.25. The third-order valence-electron chi connectivity index (χ3n) is 5.14. The smallest absolute Gasteiger partial charge is 0.312 e. The number of hydrogen-bond donors (Lipinski definition) is 2. The van der Waals surface area contributed by atoms with Gasteiger partial charge in [0.2, 0.25) is 0 Å². The highest BCUT2D eigenvalue weighted by atomic mass is 32.2. The maximum Gasteiger partial charge on any atom is 0.312 e. The number of thioether (sulfide) groups is 1. The third kappa shape index (κ3) is 1.50. The average Bonchev–Trinajstić information content (AvgIpc) is 2.57. The van der Waals surface area contributed by atoms with Gasteiger partial charge < -0.3 is 14.9 Å². The van der Waals surface area contributed by atoms with E-state index >= 15 is 0 Å². The number of hydrogen-bond acceptors (Lipinski definition) is 4. The van der Waals surface area contributed by atoms with Crippen molar-refractivity contribution in [2.75, 3.05) is 18.1 Å². The van der Waals surface area contributed by atoms with Gasteiger partial charge in [0.05, 0.1) is 23.2 Å². The van der Waals surface area contributed by atoms with Crippen LogP contribution >= 0.6 is 11.8 Å². The van der Waals surface area contributed by atoms with Crippen molar-refractivity contribution in [3.05, 3.63) is 0 Å². The van der Waals surface area contributed by atoms with Crippen molar-refractivity contribution in [2.24, 2.45) is 5.41 Å². The maximum atomic E-state index is 11.9. The summed E-state index contributed by atoms with van der Waals surface area (Å²) in [6, 6.07) is 0.